The highest BCUT2D eigenvalue weighted by Crippen LogP contribution is 2.45. The van der Waals surface area contributed by atoms with Crippen molar-refractivity contribution in [3.8, 4) is 0 Å². The van der Waals surface area contributed by atoms with E-state index in [2.05, 4.69) is 17.0 Å². The van der Waals surface area contributed by atoms with Crippen molar-refractivity contribution in [3.63, 3.8) is 0 Å². The first-order valence-electron chi connectivity index (χ1n) is 9.74. The van der Waals surface area contributed by atoms with Crippen molar-refractivity contribution in [2.24, 2.45) is 0 Å². The number of nitrogens with two attached hydrogens (primary N) is 1. The molecule has 8 nitrogen and oxygen atoms in total. The van der Waals surface area contributed by atoms with E-state index < -0.39 is 16.2 Å². The third-order valence-electron chi connectivity index (χ3n) is 5.85. The molecule has 2 aromatic rings. The first-order valence-corrected chi connectivity index (χ1v) is 11.6. The van der Waals surface area contributed by atoms with E-state index in [0.717, 1.165) is 29.7 Å². The van der Waals surface area contributed by atoms with Crippen LogP contribution in [0.15, 0.2) is 6.20 Å². The molecule has 0 radical (unpaired) electrons. The molecule has 4 rings (SSSR count). The number of fused-ring (bicyclic) bond motifs is 1. The van der Waals surface area contributed by atoms with Crippen LogP contribution in [-0.2, 0) is 15.4 Å². The SMILES string of the molecule is CCC1(c2nc(C)c3cnc(N)nn23)CCC1.CS(=O)(=O)N1CCCC(F)C1. The van der Waals surface area contributed by atoms with Gasteiger partial charge in [0.25, 0.3) is 0 Å². The highest BCUT2D eigenvalue weighted by atomic mass is 32.2. The summed E-state index contributed by atoms with van der Waals surface area (Å²) < 4.78 is 37.5. The summed E-state index contributed by atoms with van der Waals surface area (Å²) in [4.78, 5) is 8.74. The van der Waals surface area contributed by atoms with E-state index in [1.807, 2.05) is 11.4 Å². The van der Waals surface area contributed by atoms with Crippen LogP contribution in [0.1, 0.15) is 57.0 Å². The van der Waals surface area contributed by atoms with E-state index in [1.165, 1.54) is 23.6 Å². The number of aryl methyl sites for hydroxylation is 1. The Morgan fingerprint density at radius 3 is 2.57 bits per heavy atom. The molecule has 3 heterocycles. The zero-order valence-electron chi connectivity index (χ0n) is 16.7. The first kappa shape index (κ1) is 20.9. The summed E-state index contributed by atoms with van der Waals surface area (Å²) in [6, 6.07) is 0. The number of sulfonamides is 1. The molecule has 0 spiro atoms. The van der Waals surface area contributed by atoms with Gasteiger partial charge in [-0.25, -0.2) is 27.3 Å². The molecule has 1 saturated heterocycles. The number of nitrogen functional groups attached to an aromatic ring is 1. The molecule has 1 aliphatic carbocycles. The number of imidazole rings is 1. The Morgan fingerprint density at radius 1 is 1.36 bits per heavy atom. The fraction of sp³-hybridized carbons (Fsp3) is 0.722. The lowest BCUT2D eigenvalue weighted by Crippen LogP contribution is -2.39. The second kappa shape index (κ2) is 7.90. The van der Waals surface area contributed by atoms with Gasteiger partial charge >= 0.3 is 0 Å². The summed E-state index contributed by atoms with van der Waals surface area (Å²) in [5.41, 5.74) is 7.83. The standard InChI is InChI=1S/C12H17N5.C6H12FNO2S/c1-3-12(5-4-6-12)10-15-8(2)9-7-14-11(13)16-17(9)10;1-11(9,10)8-4-2-3-6(7)5-8/h7H,3-6H2,1-2H3,(H2,13,16);6H,2-5H2,1H3. The minimum Gasteiger partial charge on any atom is -0.367 e. The lowest BCUT2D eigenvalue weighted by atomic mass is 9.66. The number of hydrogen-bond acceptors (Lipinski definition) is 6. The maximum atomic E-state index is 12.7. The van der Waals surface area contributed by atoms with Crippen molar-refractivity contribution >= 4 is 21.5 Å². The number of rotatable bonds is 3. The normalized spacial score (nSPS) is 22.4. The van der Waals surface area contributed by atoms with E-state index in [0.29, 0.717) is 25.3 Å². The van der Waals surface area contributed by atoms with Gasteiger partial charge in [0.15, 0.2) is 0 Å². The average Bonchev–Trinajstić information content (AvgIpc) is 2.91. The van der Waals surface area contributed by atoms with Crippen molar-refractivity contribution in [1.29, 1.82) is 0 Å². The lowest BCUT2D eigenvalue weighted by Gasteiger charge is -2.39. The molecule has 156 valence electrons. The number of anilines is 1. The molecule has 2 aliphatic rings. The maximum absolute atomic E-state index is 12.7. The zero-order valence-corrected chi connectivity index (χ0v) is 17.5. The van der Waals surface area contributed by atoms with Crippen LogP contribution >= 0.6 is 0 Å². The van der Waals surface area contributed by atoms with Gasteiger partial charge in [-0.3, -0.25) is 0 Å². The molecular weight excluding hydrogens is 383 g/mol. The molecule has 2 aromatic heterocycles. The van der Waals surface area contributed by atoms with Crippen LogP contribution < -0.4 is 5.73 Å². The molecule has 0 aromatic carbocycles. The highest BCUT2D eigenvalue weighted by Gasteiger charge is 2.41. The third kappa shape index (κ3) is 4.12. The molecular formula is C18H29FN6O2S. The molecule has 2 N–H and O–H groups in total. The van der Waals surface area contributed by atoms with Crippen molar-refractivity contribution < 1.29 is 12.8 Å². The van der Waals surface area contributed by atoms with Crippen LogP contribution in [-0.4, -0.2) is 57.8 Å². The fourth-order valence-corrected chi connectivity index (χ4v) is 4.80. The highest BCUT2D eigenvalue weighted by molar-refractivity contribution is 7.88. The smallest absolute Gasteiger partial charge is 0.238 e. The number of nitrogens with zero attached hydrogens (tertiary/aromatic N) is 5. The van der Waals surface area contributed by atoms with Gasteiger partial charge < -0.3 is 5.73 Å². The second-order valence-electron chi connectivity index (χ2n) is 7.78. The van der Waals surface area contributed by atoms with E-state index in [4.69, 9.17) is 10.7 Å². The Balaban J connectivity index is 0.000000178. The number of hydrogen-bond donors (Lipinski definition) is 1. The number of halogens is 1. The molecule has 1 atom stereocenters. The van der Waals surface area contributed by atoms with Crippen LogP contribution in [0.5, 0.6) is 0 Å². The van der Waals surface area contributed by atoms with Crippen LogP contribution in [0.4, 0.5) is 10.3 Å². The molecule has 2 fully saturated rings. The monoisotopic (exact) mass is 412 g/mol. The molecule has 1 unspecified atom stereocenters. The molecule has 10 heteroatoms. The second-order valence-corrected chi connectivity index (χ2v) is 9.76. The Bertz CT molecular complexity index is 935. The quantitative estimate of drug-likeness (QED) is 0.828. The first-order chi connectivity index (χ1) is 13.2. The summed E-state index contributed by atoms with van der Waals surface area (Å²) in [6.45, 7) is 4.73. The Labute approximate surface area is 165 Å². The number of piperidine rings is 1. The van der Waals surface area contributed by atoms with Crippen LogP contribution in [0.2, 0.25) is 0 Å². The lowest BCUT2D eigenvalue weighted by molar-refractivity contribution is 0.203. The Kier molecular flexibility index (Phi) is 5.90. The van der Waals surface area contributed by atoms with Gasteiger partial charge in [0.1, 0.15) is 17.5 Å². The average molecular weight is 413 g/mol. The topological polar surface area (TPSA) is 106 Å². The van der Waals surface area contributed by atoms with Gasteiger partial charge in [0, 0.05) is 18.5 Å². The minimum atomic E-state index is -3.17. The minimum absolute atomic E-state index is 0.0405. The van der Waals surface area contributed by atoms with Gasteiger partial charge in [-0.2, -0.15) is 4.31 Å². The van der Waals surface area contributed by atoms with Crippen molar-refractivity contribution in [2.75, 3.05) is 25.1 Å². The van der Waals surface area contributed by atoms with Gasteiger partial charge in [0.2, 0.25) is 16.0 Å². The van der Waals surface area contributed by atoms with Gasteiger partial charge in [-0.1, -0.05) is 13.3 Å². The Hall–Kier alpha value is -1.81. The number of alkyl halides is 1. The van der Waals surface area contributed by atoms with E-state index >= 15 is 0 Å². The molecule has 28 heavy (non-hydrogen) atoms. The largest absolute Gasteiger partial charge is 0.367 e. The predicted octanol–water partition coefficient (Wildman–Crippen LogP) is 2.23. The Morgan fingerprint density at radius 2 is 2.07 bits per heavy atom. The summed E-state index contributed by atoms with van der Waals surface area (Å²) >= 11 is 0. The van der Waals surface area contributed by atoms with Crippen molar-refractivity contribution in [3.05, 3.63) is 17.7 Å². The third-order valence-corrected chi connectivity index (χ3v) is 7.12. The van der Waals surface area contributed by atoms with E-state index in [9.17, 15) is 12.8 Å². The number of aromatic nitrogens is 4. The zero-order chi connectivity index (χ0) is 20.5. The predicted molar refractivity (Wildman–Crippen MR) is 106 cm³/mol. The summed E-state index contributed by atoms with van der Waals surface area (Å²) in [5.74, 6) is 1.37. The molecule has 0 bridgehead atoms. The summed E-state index contributed by atoms with van der Waals surface area (Å²) in [7, 11) is -3.17. The summed E-state index contributed by atoms with van der Waals surface area (Å²) in [5, 5.41) is 4.31. The van der Waals surface area contributed by atoms with Gasteiger partial charge in [0.05, 0.1) is 18.1 Å². The molecule has 0 amide bonds. The van der Waals surface area contributed by atoms with Gasteiger partial charge in [-0.15, -0.1) is 5.10 Å². The van der Waals surface area contributed by atoms with Crippen LogP contribution in [0.25, 0.3) is 5.52 Å². The van der Waals surface area contributed by atoms with Crippen LogP contribution in [0, 0.1) is 6.92 Å². The molecule has 1 aliphatic heterocycles. The fourth-order valence-electron chi connectivity index (χ4n) is 3.91. The van der Waals surface area contributed by atoms with Crippen molar-refractivity contribution in [2.45, 2.75) is 64.0 Å². The van der Waals surface area contributed by atoms with E-state index in [1.54, 1.807) is 6.20 Å². The maximum Gasteiger partial charge on any atom is 0.238 e. The van der Waals surface area contributed by atoms with Crippen LogP contribution in [0.3, 0.4) is 0 Å². The summed E-state index contributed by atoms with van der Waals surface area (Å²) in [6.07, 6.45) is 7.82. The van der Waals surface area contributed by atoms with E-state index in [-0.39, 0.29) is 12.0 Å². The van der Waals surface area contributed by atoms with Gasteiger partial charge in [-0.05, 0) is 39.0 Å². The van der Waals surface area contributed by atoms with Crippen molar-refractivity contribution in [1.82, 2.24) is 23.9 Å². The molecule has 1 saturated carbocycles.